The van der Waals surface area contributed by atoms with Gasteiger partial charge < -0.3 is 4.74 Å². The van der Waals surface area contributed by atoms with E-state index in [1.807, 2.05) is 30.3 Å². The van der Waals surface area contributed by atoms with Crippen molar-refractivity contribution in [3.63, 3.8) is 0 Å². The quantitative estimate of drug-likeness (QED) is 0.711. The largest absolute Gasteiger partial charge is 0.475 e. The molecule has 2 rings (SSSR count). The maximum atomic E-state index is 5.67. The lowest BCUT2D eigenvalue weighted by molar-refractivity contribution is 0.314. The van der Waals surface area contributed by atoms with Crippen LogP contribution in [0.3, 0.4) is 0 Å². The molecule has 0 N–H and O–H groups in total. The van der Waals surface area contributed by atoms with Gasteiger partial charge in [0.15, 0.2) is 0 Å². The Labute approximate surface area is 103 Å². The average Bonchev–Trinajstić information content (AvgIpc) is 2.67. The number of nitrogens with zero attached hydrogens (tertiary/aromatic N) is 1. The number of hydrogen-bond acceptors (Lipinski definition) is 2. The molecule has 5 heteroatoms. The SMILES string of the molecule is ClC(Cl)(Cl)C1=NC(c2ccccc2)CO1. The molecule has 0 radical (unpaired) electrons. The third-order valence-corrected chi connectivity index (χ3v) is 2.56. The molecule has 0 spiro atoms. The Kier molecular flexibility index (Phi) is 3.10. The molecule has 1 heterocycles. The van der Waals surface area contributed by atoms with Crippen molar-refractivity contribution >= 4 is 40.7 Å². The maximum absolute atomic E-state index is 5.67. The summed E-state index contributed by atoms with van der Waals surface area (Å²) in [7, 11) is 0. The first-order valence-electron chi connectivity index (χ1n) is 4.40. The van der Waals surface area contributed by atoms with Gasteiger partial charge in [-0.25, -0.2) is 4.99 Å². The van der Waals surface area contributed by atoms with Gasteiger partial charge in [-0.15, -0.1) is 0 Å². The van der Waals surface area contributed by atoms with Crippen LogP contribution in [0.25, 0.3) is 0 Å². The zero-order valence-electron chi connectivity index (χ0n) is 7.66. The lowest BCUT2D eigenvalue weighted by Gasteiger charge is -2.08. The van der Waals surface area contributed by atoms with E-state index in [1.165, 1.54) is 0 Å². The van der Waals surface area contributed by atoms with Gasteiger partial charge >= 0.3 is 0 Å². The second-order valence-corrected chi connectivity index (χ2v) is 5.45. The molecule has 80 valence electrons. The van der Waals surface area contributed by atoms with Crippen molar-refractivity contribution < 1.29 is 4.74 Å². The van der Waals surface area contributed by atoms with Gasteiger partial charge in [0.25, 0.3) is 3.79 Å². The lowest BCUT2D eigenvalue weighted by Crippen LogP contribution is -2.18. The summed E-state index contributed by atoms with van der Waals surface area (Å²) in [6.07, 6.45) is 0. The number of halogens is 3. The Morgan fingerprint density at radius 2 is 1.87 bits per heavy atom. The van der Waals surface area contributed by atoms with E-state index in [-0.39, 0.29) is 11.9 Å². The van der Waals surface area contributed by atoms with E-state index in [9.17, 15) is 0 Å². The third kappa shape index (κ3) is 2.57. The van der Waals surface area contributed by atoms with Crippen LogP contribution in [0.15, 0.2) is 35.3 Å². The maximum Gasteiger partial charge on any atom is 0.266 e. The molecule has 0 fully saturated rings. The summed E-state index contributed by atoms with van der Waals surface area (Å²) in [6.45, 7) is 0.424. The van der Waals surface area contributed by atoms with Crippen LogP contribution in [0.5, 0.6) is 0 Å². The van der Waals surface area contributed by atoms with E-state index in [0.717, 1.165) is 5.56 Å². The van der Waals surface area contributed by atoms with Crippen molar-refractivity contribution in [3.8, 4) is 0 Å². The van der Waals surface area contributed by atoms with Gasteiger partial charge in [0, 0.05) is 0 Å². The topological polar surface area (TPSA) is 21.6 Å². The molecule has 0 bridgehead atoms. The number of benzene rings is 1. The predicted molar refractivity (Wildman–Crippen MR) is 62.9 cm³/mol. The number of aliphatic imine (C=N–C) groups is 1. The second kappa shape index (κ2) is 4.20. The Morgan fingerprint density at radius 1 is 1.20 bits per heavy atom. The van der Waals surface area contributed by atoms with Gasteiger partial charge in [-0.3, -0.25) is 0 Å². The van der Waals surface area contributed by atoms with Crippen molar-refractivity contribution in [1.82, 2.24) is 0 Å². The van der Waals surface area contributed by atoms with Gasteiger partial charge in [-0.05, 0) is 5.56 Å². The smallest absolute Gasteiger partial charge is 0.266 e. The van der Waals surface area contributed by atoms with Gasteiger partial charge in [-0.1, -0.05) is 65.1 Å². The molecular formula is C10H8Cl3NO. The minimum Gasteiger partial charge on any atom is -0.475 e. The molecule has 1 atom stereocenters. The Bertz CT molecular complexity index is 372. The molecule has 0 aliphatic carbocycles. The zero-order valence-corrected chi connectivity index (χ0v) is 9.93. The molecule has 1 aliphatic rings. The summed E-state index contributed by atoms with van der Waals surface area (Å²) >= 11 is 17.0. The van der Waals surface area contributed by atoms with Crippen LogP contribution in [0.1, 0.15) is 11.6 Å². The first-order chi connectivity index (χ1) is 7.07. The summed E-state index contributed by atoms with van der Waals surface area (Å²) in [6, 6.07) is 9.70. The van der Waals surface area contributed by atoms with E-state index in [0.29, 0.717) is 6.61 Å². The standard InChI is InChI=1S/C10H8Cl3NO/c11-10(12,13)9-14-8(6-15-9)7-4-2-1-3-5-7/h1-5,8H,6H2. The lowest BCUT2D eigenvalue weighted by atomic mass is 10.1. The normalized spacial score (nSPS) is 21.0. The van der Waals surface area contributed by atoms with E-state index < -0.39 is 3.79 Å². The average molecular weight is 265 g/mol. The minimum atomic E-state index is -1.57. The number of alkyl halides is 3. The second-order valence-electron chi connectivity index (χ2n) is 3.17. The Morgan fingerprint density at radius 3 is 2.40 bits per heavy atom. The highest BCUT2D eigenvalue weighted by Gasteiger charge is 2.35. The first kappa shape index (κ1) is 11.1. The van der Waals surface area contributed by atoms with Crippen LogP contribution < -0.4 is 0 Å². The number of hydrogen-bond donors (Lipinski definition) is 0. The molecule has 1 unspecified atom stereocenters. The molecule has 0 aromatic heterocycles. The van der Waals surface area contributed by atoms with Gasteiger partial charge in [0.1, 0.15) is 12.6 Å². The fourth-order valence-corrected chi connectivity index (χ4v) is 1.68. The molecular weight excluding hydrogens is 256 g/mol. The van der Waals surface area contributed by atoms with Crippen LogP contribution in [-0.2, 0) is 4.74 Å². The van der Waals surface area contributed by atoms with Gasteiger partial charge in [0.05, 0.1) is 0 Å². The monoisotopic (exact) mass is 263 g/mol. The van der Waals surface area contributed by atoms with E-state index in [1.54, 1.807) is 0 Å². The Balaban J connectivity index is 2.20. The number of rotatable bonds is 1. The van der Waals surface area contributed by atoms with Crippen molar-refractivity contribution in [2.75, 3.05) is 6.61 Å². The fourth-order valence-electron chi connectivity index (χ4n) is 1.37. The van der Waals surface area contributed by atoms with Crippen LogP contribution in [0.2, 0.25) is 0 Å². The molecule has 0 saturated heterocycles. The highest BCUT2D eigenvalue weighted by Crippen LogP contribution is 2.34. The minimum absolute atomic E-state index is 0.0724. The molecule has 1 aromatic carbocycles. The van der Waals surface area contributed by atoms with Crippen LogP contribution in [-0.4, -0.2) is 16.3 Å². The van der Waals surface area contributed by atoms with Crippen LogP contribution in [0, 0.1) is 0 Å². The number of ether oxygens (including phenoxy) is 1. The Hall–Kier alpha value is -0.440. The third-order valence-electron chi connectivity index (χ3n) is 2.08. The fraction of sp³-hybridized carbons (Fsp3) is 0.300. The predicted octanol–water partition coefficient (Wildman–Crippen LogP) is 3.53. The zero-order chi connectivity index (χ0) is 10.9. The summed E-state index contributed by atoms with van der Waals surface area (Å²) < 4.78 is 3.67. The van der Waals surface area contributed by atoms with E-state index >= 15 is 0 Å². The molecule has 0 saturated carbocycles. The van der Waals surface area contributed by atoms with E-state index in [4.69, 9.17) is 39.5 Å². The molecule has 0 amide bonds. The molecule has 1 aliphatic heterocycles. The summed E-state index contributed by atoms with van der Waals surface area (Å²) in [5, 5.41) is 0. The summed E-state index contributed by atoms with van der Waals surface area (Å²) in [4.78, 5) is 4.23. The van der Waals surface area contributed by atoms with Crippen molar-refractivity contribution in [1.29, 1.82) is 0 Å². The van der Waals surface area contributed by atoms with Crippen LogP contribution in [0.4, 0.5) is 0 Å². The van der Waals surface area contributed by atoms with Crippen molar-refractivity contribution in [2.24, 2.45) is 4.99 Å². The van der Waals surface area contributed by atoms with Gasteiger partial charge in [0.2, 0.25) is 5.90 Å². The first-order valence-corrected chi connectivity index (χ1v) is 5.53. The van der Waals surface area contributed by atoms with E-state index in [2.05, 4.69) is 4.99 Å². The molecule has 15 heavy (non-hydrogen) atoms. The van der Waals surface area contributed by atoms with Crippen molar-refractivity contribution in [3.05, 3.63) is 35.9 Å². The summed E-state index contributed by atoms with van der Waals surface area (Å²) in [5.41, 5.74) is 1.06. The van der Waals surface area contributed by atoms with Crippen LogP contribution >= 0.6 is 34.8 Å². The summed E-state index contributed by atoms with van der Waals surface area (Å²) in [5.74, 6) is 0.168. The highest BCUT2D eigenvalue weighted by atomic mass is 35.6. The highest BCUT2D eigenvalue weighted by molar-refractivity contribution is 6.76. The van der Waals surface area contributed by atoms with Crippen molar-refractivity contribution in [2.45, 2.75) is 9.83 Å². The van der Waals surface area contributed by atoms with Gasteiger partial charge in [-0.2, -0.15) is 0 Å². The molecule has 1 aromatic rings. The molecule has 2 nitrogen and oxygen atoms in total.